The molecule has 1 heterocycles. The summed E-state index contributed by atoms with van der Waals surface area (Å²) in [5, 5.41) is 9.50. The number of likely N-dealkylation sites (tertiary alicyclic amines) is 1. The number of carbonyl (C=O) groups is 1. The number of anilines is 1. The van der Waals surface area contributed by atoms with Crippen LogP contribution in [0.15, 0.2) is 27.7 Å². The first-order valence-electron chi connectivity index (χ1n) is 9.85. The Balaban J connectivity index is 0.00000392. The Bertz CT molecular complexity index is 655. The molecule has 1 amide bonds. The molecule has 28 heavy (non-hydrogen) atoms. The lowest BCUT2D eigenvalue weighted by Crippen LogP contribution is -2.40. The second-order valence-electron chi connectivity index (χ2n) is 6.83. The summed E-state index contributed by atoms with van der Waals surface area (Å²) in [6.45, 7) is 10.6. The third kappa shape index (κ3) is 8.24. The number of halogens is 2. The molecule has 1 aliphatic rings. The summed E-state index contributed by atoms with van der Waals surface area (Å²) in [7, 11) is 0. The predicted octanol–water partition coefficient (Wildman–Crippen LogP) is 3.74. The Labute approximate surface area is 194 Å². The first kappa shape index (κ1) is 25.2. The average molecular weight is 566 g/mol. The molecule has 158 valence electrons. The van der Waals surface area contributed by atoms with Crippen LogP contribution < -0.4 is 16.0 Å². The number of aliphatic imine (C=N–C) groups is 1. The van der Waals surface area contributed by atoms with Crippen LogP contribution >= 0.6 is 39.9 Å². The highest BCUT2D eigenvalue weighted by Crippen LogP contribution is 2.20. The average Bonchev–Trinajstić information content (AvgIpc) is 3.10. The molecule has 1 atom stereocenters. The van der Waals surface area contributed by atoms with Crippen molar-refractivity contribution in [1.82, 2.24) is 15.5 Å². The SMILES string of the molecule is CCNC(=NCC1CCCN1CC)NCCC(=O)Nc1cc(Br)ccc1C.I. The van der Waals surface area contributed by atoms with Crippen molar-refractivity contribution >= 4 is 57.5 Å². The van der Waals surface area contributed by atoms with Gasteiger partial charge in [0.15, 0.2) is 5.96 Å². The lowest BCUT2D eigenvalue weighted by atomic mass is 10.2. The van der Waals surface area contributed by atoms with Crippen LogP contribution in [0.5, 0.6) is 0 Å². The van der Waals surface area contributed by atoms with Crippen LogP contribution in [0.3, 0.4) is 0 Å². The van der Waals surface area contributed by atoms with Gasteiger partial charge in [0.25, 0.3) is 0 Å². The van der Waals surface area contributed by atoms with Crippen LogP contribution in [-0.2, 0) is 4.79 Å². The molecule has 8 heteroatoms. The standard InChI is InChI=1S/C20H32BrN5O.HI/c1-4-22-20(24-14-17-7-6-12-26(17)5-2)23-11-10-19(27)25-18-13-16(21)9-8-15(18)3;/h8-9,13,17H,4-7,10-12,14H2,1-3H3,(H,25,27)(H2,22,23,24);1H. The zero-order valence-corrected chi connectivity index (χ0v) is 21.0. The van der Waals surface area contributed by atoms with Crippen molar-refractivity contribution in [1.29, 1.82) is 0 Å². The van der Waals surface area contributed by atoms with E-state index in [1.165, 1.54) is 19.4 Å². The number of benzene rings is 1. The normalized spacial score (nSPS) is 17.1. The van der Waals surface area contributed by atoms with Crippen LogP contribution in [0.1, 0.15) is 38.7 Å². The van der Waals surface area contributed by atoms with E-state index >= 15 is 0 Å². The summed E-state index contributed by atoms with van der Waals surface area (Å²) in [5.74, 6) is 0.777. The number of nitrogens with zero attached hydrogens (tertiary/aromatic N) is 2. The molecule has 0 bridgehead atoms. The van der Waals surface area contributed by atoms with Gasteiger partial charge in [0.05, 0.1) is 6.54 Å². The van der Waals surface area contributed by atoms with Gasteiger partial charge < -0.3 is 16.0 Å². The molecule has 1 unspecified atom stereocenters. The fourth-order valence-corrected chi connectivity index (χ4v) is 3.65. The molecule has 0 aromatic heterocycles. The molecule has 2 rings (SSSR count). The van der Waals surface area contributed by atoms with Crippen LogP contribution in [-0.4, -0.2) is 55.5 Å². The Kier molecular flexibility index (Phi) is 12.0. The minimum atomic E-state index is -0.00694. The number of aryl methyl sites for hydroxylation is 1. The van der Waals surface area contributed by atoms with Crippen molar-refractivity contribution in [2.75, 3.05) is 38.0 Å². The van der Waals surface area contributed by atoms with E-state index in [1.54, 1.807) is 0 Å². The summed E-state index contributed by atoms with van der Waals surface area (Å²) in [6.07, 6.45) is 2.86. The van der Waals surface area contributed by atoms with Gasteiger partial charge in [-0.2, -0.15) is 0 Å². The molecular weight excluding hydrogens is 533 g/mol. The number of rotatable bonds is 8. The monoisotopic (exact) mass is 565 g/mol. The van der Waals surface area contributed by atoms with Gasteiger partial charge in [-0.15, -0.1) is 24.0 Å². The van der Waals surface area contributed by atoms with E-state index in [1.807, 2.05) is 32.0 Å². The van der Waals surface area contributed by atoms with Gasteiger partial charge >= 0.3 is 0 Å². The van der Waals surface area contributed by atoms with Gasteiger partial charge in [-0.25, -0.2) is 0 Å². The minimum absolute atomic E-state index is 0. The van der Waals surface area contributed by atoms with Crippen LogP contribution in [0.2, 0.25) is 0 Å². The van der Waals surface area contributed by atoms with E-state index in [0.29, 0.717) is 19.0 Å². The van der Waals surface area contributed by atoms with Crippen molar-refractivity contribution in [3.8, 4) is 0 Å². The molecule has 1 fully saturated rings. The third-order valence-electron chi connectivity index (χ3n) is 4.83. The van der Waals surface area contributed by atoms with Crippen LogP contribution in [0, 0.1) is 6.92 Å². The lowest BCUT2D eigenvalue weighted by Gasteiger charge is -2.21. The molecule has 0 saturated carbocycles. The predicted molar refractivity (Wildman–Crippen MR) is 132 cm³/mol. The Hall–Kier alpha value is -0.870. The summed E-state index contributed by atoms with van der Waals surface area (Å²) in [6, 6.07) is 6.41. The van der Waals surface area contributed by atoms with E-state index in [-0.39, 0.29) is 29.9 Å². The number of guanidine groups is 1. The van der Waals surface area contributed by atoms with Gasteiger partial charge in [0, 0.05) is 35.7 Å². The van der Waals surface area contributed by atoms with E-state index in [4.69, 9.17) is 4.99 Å². The zero-order chi connectivity index (χ0) is 19.6. The topological polar surface area (TPSA) is 68.8 Å². The first-order valence-corrected chi connectivity index (χ1v) is 10.6. The van der Waals surface area contributed by atoms with Crippen LogP contribution in [0.4, 0.5) is 5.69 Å². The molecule has 0 radical (unpaired) electrons. The van der Waals surface area contributed by atoms with Crippen LogP contribution in [0.25, 0.3) is 0 Å². The summed E-state index contributed by atoms with van der Waals surface area (Å²) in [4.78, 5) is 19.4. The van der Waals surface area contributed by atoms with Gasteiger partial charge in [0.1, 0.15) is 0 Å². The summed E-state index contributed by atoms with van der Waals surface area (Å²) >= 11 is 3.44. The molecule has 3 N–H and O–H groups in total. The highest BCUT2D eigenvalue weighted by atomic mass is 127. The highest BCUT2D eigenvalue weighted by Gasteiger charge is 2.22. The zero-order valence-electron chi connectivity index (χ0n) is 17.1. The summed E-state index contributed by atoms with van der Waals surface area (Å²) < 4.78 is 0.955. The van der Waals surface area contributed by atoms with E-state index in [0.717, 1.165) is 41.3 Å². The number of hydrogen-bond donors (Lipinski definition) is 3. The maximum Gasteiger partial charge on any atom is 0.226 e. The van der Waals surface area contributed by atoms with Crippen molar-refractivity contribution in [2.45, 2.75) is 46.1 Å². The number of amides is 1. The van der Waals surface area contributed by atoms with Gasteiger partial charge in [-0.1, -0.05) is 28.9 Å². The lowest BCUT2D eigenvalue weighted by molar-refractivity contribution is -0.116. The number of carbonyl (C=O) groups excluding carboxylic acids is 1. The van der Waals surface area contributed by atoms with E-state index in [9.17, 15) is 4.79 Å². The summed E-state index contributed by atoms with van der Waals surface area (Å²) in [5.41, 5.74) is 1.89. The molecule has 1 aromatic rings. The molecule has 1 aromatic carbocycles. The maximum atomic E-state index is 12.2. The third-order valence-corrected chi connectivity index (χ3v) is 5.32. The highest BCUT2D eigenvalue weighted by molar-refractivity contribution is 14.0. The van der Waals surface area contributed by atoms with Crippen molar-refractivity contribution in [2.24, 2.45) is 4.99 Å². The second kappa shape index (κ2) is 13.4. The van der Waals surface area contributed by atoms with Gasteiger partial charge in [0.2, 0.25) is 5.91 Å². The van der Waals surface area contributed by atoms with Gasteiger partial charge in [-0.05, 0) is 57.5 Å². The van der Waals surface area contributed by atoms with E-state index in [2.05, 4.69) is 43.7 Å². The van der Waals surface area contributed by atoms with Crippen molar-refractivity contribution < 1.29 is 4.79 Å². The quantitative estimate of drug-likeness (QED) is 0.255. The van der Waals surface area contributed by atoms with Crippen molar-refractivity contribution in [3.05, 3.63) is 28.2 Å². The fraction of sp³-hybridized carbons (Fsp3) is 0.600. The van der Waals surface area contributed by atoms with E-state index < -0.39 is 0 Å². The van der Waals surface area contributed by atoms with Gasteiger partial charge in [-0.3, -0.25) is 14.7 Å². The molecule has 1 aliphatic heterocycles. The Morgan fingerprint density at radius 1 is 1.32 bits per heavy atom. The maximum absolute atomic E-state index is 12.2. The minimum Gasteiger partial charge on any atom is -0.357 e. The molecule has 1 saturated heterocycles. The smallest absolute Gasteiger partial charge is 0.226 e. The Morgan fingerprint density at radius 2 is 2.11 bits per heavy atom. The number of nitrogens with one attached hydrogen (secondary N) is 3. The Morgan fingerprint density at radius 3 is 2.82 bits per heavy atom. The molecular formula is C20H33BrIN5O. The van der Waals surface area contributed by atoms with Crippen molar-refractivity contribution in [3.63, 3.8) is 0 Å². The molecule has 0 aliphatic carbocycles. The number of hydrogen-bond acceptors (Lipinski definition) is 3. The second-order valence-corrected chi connectivity index (χ2v) is 7.74. The molecule has 6 nitrogen and oxygen atoms in total. The number of likely N-dealkylation sites (N-methyl/N-ethyl adjacent to an activating group) is 1. The fourth-order valence-electron chi connectivity index (χ4n) is 3.29. The largest absolute Gasteiger partial charge is 0.357 e. The first-order chi connectivity index (χ1) is 13.0. The molecule has 0 spiro atoms.